The van der Waals surface area contributed by atoms with E-state index in [4.69, 9.17) is 0 Å². The Morgan fingerprint density at radius 2 is 2.20 bits per heavy atom. The molecule has 1 N–H and O–H groups in total. The normalized spacial score (nSPS) is 10.9. The second-order valence-electron chi connectivity index (χ2n) is 4.81. The molecule has 20 heavy (non-hydrogen) atoms. The lowest BCUT2D eigenvalue weighted by molar-refractivity contribution is 0.0950. The first-order valence-electron chi connectivity index (χ1n) is 6.40. The van der Waals surface area contributed by atoms with Gasteiger partial charge in [-0.25, -0.2) is 4.98 Å². The molecule has 0 fully saturated rings. The second kappa shape index (κ2) is 5.09. The number of aromatic nitrogens is 2. The van der Waals surface area contributed by atoms with Gasteiger partial charge < -0.3 is 5.32 Å². The summed E-state index contributed by atoms with van der Waals surface area (Å²) in [5.74, 6) is -0.0653. The Bertz CT molecular complexity index is 744. The molecule has 0 aliphatic carbocycles. The summed E-state index contributed by atoms with van der Waals surface area (Å²) < 4.78 is 1.96. The van der Waals surface area contributed by atoms with Crippen molar-refractivity contribution in [2.75, 3.05) is 0 Å². The number of hydrogen-bond acceptors (Lipinski definition) is 3. The number of nitrogens with one attached hydrogen (secondary N) is 1. The molecule has 0 unspecified atom stereocenters. The third kappa shape index (κ3) is 2.44. The molecular weight excluding hydrogens is 270 g/mol. The van der Waals surface area contributed by atoms with Crippen LogP contribution in [-0.2, 0) is 6.54 Å². The zero-order chi connectivity index (χ0) is 14.1. The predicted octanol–water partition coefficient (Wildman–Crippen LogP) is 2.94. The summed E-state index contributed by atoms with van der Waals surface area (Å²) in [6, 6.07) is 5.73. The number of thiazole rings is 1. The van der Waals surface area contributed by atoms with Crippen molar-refractivity contribution in [3.05, 3.63) is 58.4 Å². The number of benzene rings is 1. The van der Waals surface area contributed by atoms with E-state index in [2.05, 4.69) is 10.3 Å². The Morgan fingerprint density at radius 3 is 2.95 bits per heavy atom. The van der Waals surface area contributed by atoms with E-state index in [-0.39, 0.29) is 5.91 Å². The van der Waals surface area contributed by atoms with Crippen LogP contribution in [0, 0.1) is 13.8 Å². The van der Waals surface area contributed by atoms with Gasteiger partial charge in [0, 0.05) is 23.3 Å². The molecule has 4 nitrogen and oxygen atoms in total. The Balaban J connectivity index is 1.69. The van der Waals surface area contributed by atoms with Crippen LogP contribution in [0.2, 0.25) is 0 Å². The lowest BCUT2D eigenvalue weighted by Crippen LogP contribution is -2.23. The van der Waals surface area contributed by atoms with E-state index < -0.39 is 0 Å². The van der Waals surface area contributed by atoms with Crippen LogP contribution >= 0.6 is 11.3 Å². The van der Waals surface area contributed by atoms with Crippen molar-refractivity contribution in [2.45, 2.75) is 20.4 Å². The Kier molecular flexibility index (Phi) is 3.28. The molecule has 0 saturated carbocycles. The highest BCUT2D eigenvalue weighted by Gasteiger charge is 2.08. The van der Waals surface area contributed by atoms with Gasteiger partial charge in [-0.15, -0.1) is 11.3 Å². The van der Waals surface area contributed by atoms with Crippen molar-refractivity contribution in [1.82, 2.24) is 14.7 Å². The average molecular weight is 285 g/mol. The summed E-state index contributed by atoms with van der Waals surface area (Å²) >= 11 is 1.58. The third-order valence-corrected chi connectivity index (χ3v) is 4.11. The smallest absolute Gasteiger partial charge is 0.251 e. The highest BCUT2D eigenvalue weighted by atomic mass is 32.1. The van der Waals surface area contributed by atoms with Crippen LogP contribution in [0.25, 0.3) is 4.96 Å². The summed E-state index contributed by atoms with van der Waals surface area (Å²) in [4.78, 5) is 17.5. The molecule has 1 amide bonds. The number of nitrogens with zero attached hydrogens (tertiary/aromatic N) is 2. The molecule has 0 bridgehead atoms. The number of aryl methyl sites for hydroxylation is 2. The van der Waals surface area contributed by atoms with Crippen molar-refractivity contribution in [2.24, 2.45) is 0 Å². The molecule has 3 rings (SSSR count). The van der Waals surface area contributed by atoms with Crippen LogP contribution < -0.4 is 5.32 Å². The molecule has 5 heteroatoms. The van der Waals surface area contributed by atoms with Crippen molar-refractivity contribution < 1.29 is 4.79 Å². The Morgan fingerprint density at radius 1 is 1.35 bits per heavy atom. The van der Waals surface area contributed by atoms with E-state index in [0.717, 1.165) is 16.2 Å². The summed E-state index contributed by atoms with van der Waals surface area (Å²) in [5.41, 5.74) is 3.87. The number of carbonyl (C=O) groups is 1. The molecule has 102 valence electrons. The van der Waals surface area contributed by atoms with E-state index in [9.17, 15) is 4.79 Å². The van der Waals surface area contributed by atoms with Gasteiger partial charge in [0.15, 0.2) is 4.96 Å². The highest BCUT2D eigenvalue weighted by Crippen LogP contribution is 2.12. The van der Waals surface area contributed by atoms with Crippen LogP contribution in [0.1, 0.15) is 27.2 Å². The van der Waals surface area contributed by atoms with Crippen molar-refractivity contribution >= 4 is 22.2 Å². The van der Waals surface area contributed by atoms with Gasteiger partial charge in [-0.05, 0) is 37.1 Å². The first-order valence-corrected chi connectivity index (χ1v) is 7.28. The van der Waals surface area contributed by atoms with Crippen LogP contribution in [0.15, 0.2) is 36.0 Å². The second-order valence-corrected chi connectivity index (χ2v) is 5.68. The fourth-order valence-electron chi connectivity index (χ4n) is 2.02. The van der Waals surface area contributed by atoms with Gasteiger partial charge in [-0.2, -0.15) is 0 Å². The third-order valence-electron chi connectivity index (χ3n) is 3.34. The average Bonchev–Trinajstić information content (AvgIpc) is 3.00. The minimum Gasteiger partial charge on any atom is -0.346 e. The molecule has 1 aromatic carbocycles. The van der Waals surface area contributed by atoms with E-state index in [1.165, 1.54) is 5.56 Å². The quantitative estimate of drug-likeness (QED) is 0.804. The number of imidazole rings is 1. The molecule has 2 heterocycles. The van der Waals surface area contributed by atoms with Gasteiger partial charge in [0.05, 0.1) is 12.2 Å². The molecule has 0 aliphatic heterocycles. The van der Waals surface area contributed by atoms with Crippen LogP contribution in [0.4, 0.5) is 0 Å². The van der Waals surface area contributed by atoms with Gasteiger partial charge in [-0.3, -0.25) is 9.20 Å². The predicted molar refractivity (Wildman–Crippen MR) is 80.2 cm³/mol. The van der Waals surface area contributed by atoms with Crippen molar-refractivity contribution in [1.29, 1.82) is 0 Å². The van der Waals surface area contributed by atoms with Gasteiger partial charge in [0.1, 0.15) is 0 Å². The Labute approximate surface area is 121 Å². The van der Waals surface area contributed by atoms with E-state index in [1.807, 2.05) is 54.2 Å². The maximum atomic E-state index is 12.1. The summed E-state index contributed by atoms with van der Waals surface area (Å²) in [6.07, 6.45) is 3.90. The topological polar surface area (TPSA) is 46.4 Å². The largest absolute Gasteiger partial charge is 0.346 e. The number of rotatable bonds is 3. The zero-order valence-electron chi connectivity index (χ0n) is 11.4. The van der Waals surface area contributed by atoms with Gasteiger partial charge in [-0.1, -0.05) is 6.07 Å². The summed E-state index contributed by atoms with van der Waals surface area (Å²) in [7, 11) is 0. The van der Waals surface area contributed by atoms with Crippen LogP contribution in [-0.4, -0.2) is 15.3 Å². The highest BCUT2D eigenvalue weighted by molar-refractivity contribution is 7.15. The number of amides is 1. The minimum absolute atomic E-state index is 0.0653. The van der Waals surface area contributed by atoms with Crippen LogP contribution in [0.5, 0.6) is 0 Å². The fourth-order valence-corrected chi connectivity index (χ4v) is 2.74. The minimum atomic E-state index is -0.0653. The summed E-state index contributed by atoms with van der Waals surface area (Å²) in [5, 5.41) is 4.89. The monoisotopic (exact) mass is 285 g/mol. The first kappa shape index (κ1) is 12.9. The van der Waals surface area contributed by atoms with E-state index >= 15 is 0 Å². The lowest BCUT2D eigenvalue weighted by Gasteiger charge is -2.06. The first-order chi connectivity index (χ1) is 9.63. The molecule has 0 atom stereocenters. The number of hydrogen-bond donors (Lipinski definition) is 1. The van der Waals surface area contributed by atoms with E-state index in [0.29, 0.717) is 12.1 Å². The molecule has 2 aromatic heterocycles. The van der Waals surface area contributed by atoms with Gasteiger partial charge in [0.2, 0.25) is 0 Å². The molecule has 0 saturated heterocycles. The molecule has 0 spiro atoms. The zero-order valence-corrected chi connectivity index (χ0v) is 12.2. The SMILES string of the molecule is Cc1ccc(C(=O)NCc2cn3ccsc3n2)cc1C. The van der Waals surface area contributed by atoms with Crippen LogP contribution in [0.3, 0.4) is 0 Å². The molecule has 0 aliphatic rings. The molecule has 3 aromatic rings. The maximum absolute atomic E-state index is 12.1. The fraction of sp³-hybridized carbons (Fsp3) is 0.200. The molecular formula is C15H15N3OS. The lowest BCUT2D eigenvalue weighted by atomic mass is 10.1. The molecule has 0 radical (unpaired) electrons. The standard InChI is InChI=1S/C15H15N3OS/c1-10-3-4-12(7-11(10)2)14(19)16-8-13-9-18-5-6-20-15(18)17-13/h3-7,9H,8H2,1-2H3,(H,16,19). The van der Waals surface area contributed by atoms with Gasteiger partial charge >= 0.3 is 0 Å². The number of fused-ring (bicyclic) bond motifs is 1. The Hall–Kier alpha value is -2.14. The van der Waals surface area contributed by atoms with Gasteiger partial charge in [0.25, 0.3) is 5.91 Å². The van der Waals surface area contributed by atoms with Crippen molar-refractivity contribution in [3.8, 4) is 0 Å². The number of carbonyl (C=O) groups excluding carboxylic acids is 1. The maximum Gasteiger partial charge on any atom is 0.251 e. The van der Waals surface area contributed by atoms with Crippen molar-refractivity contribution in [3.63, 3.8) is 0 Å². The van der Waals surface area contributed by atoms with E-state index in [1.54, 1.807) is 11.3 Å². The summed E-state index contributed by atoms with van der Waals surface area (Å²) in [6.45, 7) is 4.49.